The lowest BCUT2D eigenvalue weighted by molar-refractivity contribution is -0.140. The number of carboxylic acids is 1. The minimum Gasteiger partial charge on any atom is -0.481 e. The molecule has 0 heterocycles. The first-order valence-electron chi connectivity index (χ1n) is 4.46. The number of hydrogen-bond acceptors (Lipinski definition) is 4. The molecule has 0 spiro atoms. The van der Waals surface area contributed by atoms with Crippen molar-refractivity contribution in [3.8, 4) is 0 Å². The van der Waals surface area contributed by atoms with Crippen LogP contribution >= 0.6 is 11.8 Å². The third kappa shape index (κ3) is 7.91. The van der Waals surface area contributed by atoms with Gasteiger partial charge in [-0.1, -0.05) is 6.92 Å². The van der Waals surface area contributed by atoms with Gasteiger partial charge in [-0.3, -0.25) is 9.59 Å². The minimum atomic E-state index is -0.773. The molecule has 0 amide bonds. The molecule has 0 radical (unpaired) electrons. The van der Waals surface area contributed by atoms with Gasteiger partial charge < -0.3 is 9.84 Å². The van der Waals surface area contributed by atoms with Crippen molar-refractivity contribution in [2.75, 3.05) is 12.9 Å². The van der Waals surface area contributed by atoms with E-state index in [0.717, 1.165) is 0 Å². The van der Waals surface area contributed by atoms with Crippen LogP contribution in [0.3, 0.4) is 0 Å². The maximum absolute atomic E-state index is 10.7. The molecule has 0 aliphatic rings. The smallest absolute Gasteiger partial charge is 0.306 e. The van der Waals surface area contributed by atoms with Crippen LogP contribution in [0.1, 0.15) is 26.2 Å². The summed E-state index contributed by atoms with van der Waals surface area (Å²) in [4.78, 5) is 21.0. The number of carboxylic acid groups (broad SMARTS) is 1. The Hall–Kier alpha value is -0.710. The number of aliphatic carboxylic acids is 1. The maximum Gasteiger partial charge on any atom is 0.306 e. The summed E-state index contributed by atoms with van der Waals surface area (Å²) in [5, 5.41) is 8.70. The molecule has 1 atom stereocenters. The Morgan fingerprint density at radius 3 is 2.57 bits per heavy atom. The quantitative estimate of drug-likeness (QED) is 0.659. The molecule has 82 valence electrons. The summed E-state index contributed by atoms with van der Waals surface area (Å²) < 4.78 is 4.48. The third-order valence-electron chi connectivity index (χ3n) is 1.70. The Kier molecular flexibility index (Phi) is 7.28. The number of ether oxygens (including phenoxy) is 1. The molecule has 0 aliphatic heterocycles. The second-order valence-electron chi connectivity index (χ2n) is 2.94. The van der Waals surface area contributed by atoms with Crippen molar-refractivity contribution in [2.45, 2.75) is 31.4 Å². The molecule has 5 heteroatoms. The average Bonchev–Trinajstić information content (AvgIpc) is 2.14. The molecule has 0 bridgehead atoms. The van der Waals surface area contributed by atoms with Gasteiger partial charge in [0, 0.05) is 17.4 Å². The Morgan fingerprint density at radius 2 is 2.07 bits per heavy atom. The van der Waals surface area contributed by atoms with Gasteiger partial charge in [-0.15, -0.1) is 0 Å². The van der Waals surface area contributed by atoms with Crippen molar-refractivity contribution in [2.24, 2.45) is 0 Å². The van der Waals surface area contributed by atoms with Gasteiger partial charge in [-0.25, -0.2) is 0 Å². The van der Waals surface area contributed by atoms with E-state index in [1.165, 1.54) is 7.11 Å². The zero-order chi connectivity index (χ0) is 11.0. The summed E-state index contributed by atoms with van der Waals surface area (Å²) in [6, 6.07) is 0. The number of esters is 1. The molecule has 0 aromatic carbocycles. The molecule has 14 heavy (non-hydrogen) atoms. The fraction of sp³-hybridized carbons (Fsp3) is 0.778. The summed E-state index contributed by atoms with van der Waals surface area (Å²) in [6.45, 7) is 1.96. The van der Waals surface area contributed by atoms with Gasteiger partial charge in [0.15, 0.2) is 0 Å². The molecule has 0 fully saturated rings. The van der Waals surface area contributed by atoms with Crippen LogP contribution in [0.5, 0.6) is 0 Å². The monoisotopic (exact) mass is 220 g/mol. The van der Waals surface area contributed by atoms with E-state index in [-0.39, 0.29) is 17.6 Å². The molecular formula is C9H16O4S. The van der Waals surface area contributed by atoms with E-state index in [9.17, 15) is 9.59 Å². The number of methoxy groups -OCH3 is 1. The molecule has 0 rings (SSSR count). The van der Waals surface area contributed by atoms with Crippen LogP contribution in [-0.2, 0) is 14.3 Å². The summed E-state index contributed by atoms with van der Waals surface area (Å²) in [5.74, 6) is -0.304. The lowest BCUT2D eigenvalue weighted by atomic mass is 10.2. The first-order chi connectivity index (χ1) is 6.56. The van der Waals surface area contributed by atoms with Gasteiger partial charge in [-0.2, -0.15) is 11.8 Å². The Morgan fingerprint density at radius 1 is 1.43 bits per heavy atom. The molecule has 4 nitrogen and oxygen atoms in total. The van der Waals surface area contributed by atoms with Crippen LogP contribution in [0.4, 0.5) is 0 Å². The number of thioether (sulfide) groups is 1. The van der Waals surface area contributed by atoms with Crippen LogP contribution in [-0.4, -0.2) is 35.2 Å². The zero-order valence-corrected chi connectivity index (χ0v) is 9.30. The Bertz CT molecular complexity index is 193. The molecule has 0 saturated carbocycles. The number of carbonyl (C=O) groups excluding carboxylic acids is 1. The zero-order valence-electron chi connectivity index (χ0n) is 8.49. The highest BCUT2D eigenvalue weighted by Crippen LogP contribution is 2.16. The highest BCUT2D eigenvalue weighted by Gasteiger charge is 2.07. The highest BCUT2D eigenvalue weighted by atomic mass is 32.2. The molecule has 0 saturated heterocycles. The largest absolute Gasteiger partial charge is 0.481 e. The number of hydrogen-bond donors (Lipinski definition) is 1. The van der Waals surface area contributed by atoms with Crippen molar-refractivity contribution in [1.82, 2.24) is 0 Å². The topological polar surface area (TPSA) is 63.6 Å². The maximum atomic E-state index is 10.7. The SMILES string of the molecule is COC(=O)CCSC(C)CCC(=O)O. The molecule has 0 aromatic rings. The van der Waals surface area contributed by atoms with Crippen LogP contribution in [0.2, 0.25) is 0 Å². The molecular weight excluding hydrogens is 204 g/mol. The van der Waals surface area contributed by atoms with Gasteiger partial charge in [0.1, 0.15) is 0 Å². The van der Waals surface area contributed by atoms with E-state index < -0.39 is 5.97 Å². The van der Waals surface area contributed by atoms with E-state index in [2.05, 4.69) is 4.74 Å². The van der Waals surface area contributed by atoms with Gasteiger partial charge >= 0.3 is 11.9 Å². The van der Waals surface area contributed by atoms with E-state index in [4.69, 9.17) is 5.11 Å². The number of rotatable bonds is 7. The minimum absolute atomic E-state index is 0.187. The molecule has 1 unspecified atom stereocenters. The first-order valence-corrected chi connectivity index (χ1v) is 5.51. The predicted molar refractivity (Wildman–Crippen MR) is 55.4 cm³/mol. The van der Waals surface area contributed by atoms with Crippen LogP contribution < -0.4 is 0 Å². The average molecular weight is 220 g/mol. The van der Waals surface area contributed by atoms with Crippen molar-refractivity contribution in [3.63, 3.8) is 0 Å². The van der Waals surface area contributed by atoms with Gasteiger partial charge in [0.05, 0.1) is 13.5 Å². The Labute approximate surface area is 88.0 Å². The summed E-state index contributed by atoms with van der Waals surface area (Å²) >= 11 is 1.60. The number of carbonyl (C=O) groups is 2. The van der Waals surface area contributed by atoms with Crippen LogP contribution in [0.15, 0.2) is 0 Å². The first kappa shape index (κ1) is 13.3. The van der Waals surface area contributed by atoms with Crippen LogP contribution in [0.25, 0.3) is 0 Å². The van der Waals surface area contributed by atoms with Crippen molar-refractivity contribution >= 4 is 23.7 Å². The van der Waals surface area contributed by atoms with Gasteiger partial charge in [-0.05, 0) is 6.42 Å². The normalized spacial score (nSPS) is 12.1. The summed E-state index contributed by atoms with van der Waals surface area (Å²) in [6.07, 6.45) is 1.21. The van der Waals surface area contributed by atoms with Crippen molar-refractivity contribution in [1.29, 1.82) is 0 Å². The molecule has 1 N–H and O–H groups in total. The second kappa shape index (κ2) is 7.67. The van der Waals surface area contributed by atoms with Crippen molar-refractivity contribution in [3.05, 3.63) is 0 Å². The van der Waals surface area contributed by atoms with E-state index in [0.29, 0.717) is 18.6 Å². The molecule has 0 aliphatic carbocycles. The fourth-order valence-corrected chi connectivity index (χ4v) is 1.83. The van der Waals surface area contributed by atoms with Gasteiger partial charge in [0.25, 0.3) is 0 Å². The lowest BCUT2D eigenvalue weighted by Gasteiger charge is -2.08. The Balaban J connectivity index is 3.39. The van der Waals surface area contributed by atoms with E-state index in [1.807, 2.05) is 6.92 Å². The standard InChI is InChI=1S/C9H16O4S/c1-7(3-4-8(10)11)14-6-5-9(12)13-2/h7H,3-6H2,1-2H3,(H,10,11). The van der Waals surface area contributed by atoms with E-state index in [1.54, 1.807) is 11.8 Å². The third-order valence-corrected chi connectivity index (χ3v) is 2.95. The van der Waals surface area contributed by atoms with Crippen molar-refractivity contribution < 1.29 is 19.4 Å². The van der Waals surface area contributed by atoms with E-state index >= 15 is 0 Å². The summed E-state index contributed by atoms with van der Waals surface area (Å²) in [7, 11) is 1.36. The lowest BCUT2D eigenvalue weighted by Crippen LogP contribution is -2.06. The fourth-order valence-electron chi connectivity index (χ4n) is 0.856. The molecule has 0 aromatic heterocycles. The van der Waals surface area contributed by atoms with Crippen LogP contribution in [0, 0.1) is 0 Å². The second-order valence-corrected chi connectivity index (χ2v) is 4.49. The van der Waals surface area contributed by atoms with Gasteiger partial charge in [0.2, 0.25) is 0 Å². The highest BCUT2D eigenvalue weighted by molar-refractivity contribution is 7.99. The predicted octanol–water partition coefficient (Wildman–Crippen LogP) is 1.54. The summed E-state index contributed by atoms with van der Waals surface area (Å²) in [5.41, 5.74) is 0.